The molecule has 3 nitrogen and oxygen atoms in total. The summed E-state index contributed by atoms with van der Waals surface area (Å²) < 4.78 is 6.21. The molecule has 0 bridgehead atoms. The number of fused-ring (bicyclic) bond motifs is 5. The molecule has 0 amide bonds. The van der Waals surface area contributed by atoms with E-state index < -0.39 is 0 Å². The van der Waals surface area contributed by atoms with E-state index in [1.807, 2.05) is 42.5 Å². The second-order valence-electron chi connectivity index (χ2n) is 6.17. The van der Waals surface area contributed by atoms with Crippen LogP contribution < -0.4 is 11.1 Å². The summed E-state index contributed by atoms with van der Waals surface area (Å²) >= 11 is 0. The fraction of sp³-hybridized carbons (Fsp3) is 0. The molecule has 0 saturated carbocycles. The minimum absolute atomic E-state index is 0.656. The van der Waals surface area contributed by atoms with Crippen LogP contribution in [0.15, 0.2) is 83.3 Å². The van der Waals surface area contributed by atoms with Crippen LogP contribution in [-0.4, -0.2) is 0 Å². The maximum atomic E-state index is 6.21. The third-order valence-corrected chi connectivity index (χ3v) is 4.57. The average molecular weight is 324 g/mol. The zero-order valence-electron chi connectivity index (χ0n) is 13.5. The van der Waals surface area contributed by atoms with E-state index in [1.54, 1.807) is 0 Å². The maximum Gasteiger partial charge on any atom is 0.159 e. The van der Waals surface area contributed by atoms with Crippen LogP contribution in [0.3, 0.4) is 0 Å². The molecule has 0 aliphatic rings. The normalized spacial score (nSPS) is 11.4. The molecule has 1 aromatic heterocycles. The molecule has 3 heteroatoms. The Bertz CT molecular complexity index is 1220. The summed E-state index contributed by atoms with van der Waals surface area (Å²) in [5.41, 5.74) is 10.3. The predicted molar refractivity (Wildman–Crippen MR) is 105 cm³/mol. The average Bonchev–Trinajstić information content (AvgIpc) is 3.04. The minimum atomic E-state index is 0.656. The molecule has 0 aliphatic carbocycles. The largest absolute Gasteiger partial charge is 0.452 e. The van der Waals surface area contributed by atoms with Crippen LogP contribution in [0.1, 0.15) is 0 Å². The molecule has 0 saturated heterocycles. The van der Waals surface area contributed by atoms with Crippen LogP contribution in [0.4, 0.5) is 17.1 Å². The SMILES string of the molecule is Nc1cccc2c1oc1c(Nc3ccccc3)cc3ccccc3c12. The molecule has 5 aromatic rings. The third kappa shape index (κ3) is 2.13. The monoisotopic (exact) mass is 324 g/mol. The number of para-hydroxylation sites is 2. The molecule has 0 spiro atoms. The van der Waals surface area contributed by atoms with Crippen LogP contribution in [0.5, 0.6) is 0 Å². The van der Waals surface area contributed by atoms with Gasteiger partial charge >= 0.3 is 0 Å². The lowest BCUT2D eigenvalue weighted by Crippen LogP contribution is -1.90. The second-order valence-corrected chi connectivity index (χ2v) is 6.17. The summed E-state index contributed by atoms with van der Waals surface area (Å²) in [5, 5.41) is 7.96. The number of rotatable bonds is 2. The first-order chi connectivity index (χ1) is 12.3. The first-order valence-corrected chi connectivity index (χ1v) is 8.26. The van der Waals surface area contributed by atoms with Gasteiger partial charge in [0.1, 0.15) is 0 Å². The van der Waals surface area contributed by atoms with Crippen molar-refractivity contribution in [3.63, 3.8) is 0 Å². The molecular formula is C22H16N2O. The number of hydrogen-bond donors (Lipinski definition) is 2. The van der Waals surface area contributed by atoms with Crippen LogP contribution in [0.25, 0.3) is 32.7 Å². The highest BCUT2D eigenvalue weighted by Gasteiger charge is 2.16. The number of nitrogen functional groups attached to an aromatic ring is 1. The van der Waals surface area contributed by atoms with Crippen LogP contribution in [-0.2, 0) is 0 Å². The third-order valence-electron chi connectivity index (χ3n) is 4.57. The molecule has 0 unspecified atom stereocenters. The smallest absolute Gasteiger partial charge is 0.159 e. The summed E-state index contributed by atoms with van der Waals surface area (Å²) in [6, 6.07) is 26.5. The summed E-state index contributed by atoms with van der Waals surface area (Å²) in [6.07, 6.45) is 0. The van der Waals surface area contributed by atoms with E-state index in [0.717, 1.165) is 33.3 Å². The van der Waals surface area contributed by atoms with E-state index in [1.165, 1.54) is 10.8 Å². The lowest BCUT2D eigenvalue weighted by Gasteiger charge is -2.09. The van der Waals surface area contributed by atoms with Crippen molar-refractivity contribution in [2.24, 2.45) is 0 Å². The summed E-state index contributed by atoms with van der Waals surface area (Å²) in [5.74, 6) is 0. The lowest BCUT2D eigenvalue weighted by atomic mass is 10.0. The van der Waals surface area contributed by atoms with Gasteiger partial charge in [-0.2, -0.15) is 0 Å². The first kappa shape index (κ1) is 13.9. The zero-order chi connectivity index (χ0) is 16.8. The van der Waals surface area contributed by atoms with Gasteiger partial charge in [0.25, 0.3) is 0 Å². The van der Waals surface area contributed by atoms with Gasteiger partial charge in [-0.05, 0) is 35.0 Å². The Hall–Kier alpha value is -3.46. The van der Waals surface area contributed by atoms with Crippen molar-refractivity contribution in [3.8, 4) is 0 Å². The standard InChI is InChI=1S/C22H16N2O/c23-18-12-6-11-17-20-16-10-5-4-7-14(16)13-19(22(20)25-21(17)18)24-15-8-2-1-3-9-15/h1-13,24H,23H2. The second kappa shape index (κ2) is 5.28. The molecule has 25 heavy (non-hydrogen) atoms. The molecule has 1 heterocycles. The van der Waals surface area contributed by atoms with Crippen LogP contribution >= 0.6 is 0 Å². The molecule has 0 radical (unpaired) electrons. The number of furan rings is 1. The quantitative estimate of drug-likeness (QED) is 0.388. The van der Waals surface area contributed by atoms with E-state index in [2.05, 4.69) is 41.7 Å². The van der Waals surface area contributed by atoms with Crippen molar-refractivity contribution in [2.45, 2.75) is 0 Å². The van der Waals surface area contributed by atoms with E-state index in [-0.39, 0.29) is 0 Å². The Morgan fingerprint density at radius 1 is 0.720 bits per heavy atom. The highest BCUT2D eigenvalue weighted by atomic mass is 16.3. The van der Waals surface area contributed by atoms with Gasteiger partial charge in [0.15, 0.2) is 11.2 Å². The fourth-order valence-corrected chi connectivity index (χ4v) is 3.44. The van der Waals surface area contributed by atoms with Gasteiger partial charge < -0.3 is 15.5 Å². The Morgan fingerprint density at radius 2 is 1.48 bits per heavy atom. The molecule has 4 aromatic carbocycles. The zero-order valence-corrected chi connectivity index (χ0v) is 13.5. The van der Waals surface area contributed by atoms with Gasteiger partial charge in [-0.3, -0.25) is 0 Å². The van der Waals surface area contributed by atoms with E-state index in [0.29, 0.717) is 5.69 Å². The molecule has 120 valence electrons. The van der Waals surface area contributed by atoms with E-state index in [9.17, 15) is 0 Å². The van der Waals surface area contributed by atoms with Crippen molar-refractivity contribution in [1.82, 2.24) is 0 Å². The van der Waals surface area contributed by atoms with Gasteiger partial charge in [-0.25, -0.2) is 0 Å². The first-order valence-electron chi connectivity index (χ1n) is 8.26. The summed E-state index contributed by atoms with van der Waals surface area (Å²) in [4.78, 5) is 0. The Labute approximate surface area is 144 Å². The number of anilines is 3. The molecule has 0 atom stereocenters. The van der Waals surface area contributed by atoms with Gasteiger partial charge in [0, 0.05) is 16.5 Å². The number of nitrogens with two attached hydrogens (primary N) is 1. The fourth-order valence-electron chi connectivity index (χ4n) is 3.44. The Balaban J connectivity index is 1.90. The molecule has 5 rings (SSSR count). The van der Waals surface area contributed by atoms with Crippen molar-refractivity contribution >= 4 is 49.8 Å². The minimum Gasteiger partial charge on any atom is -0.452 e. The van der Waals surface area contributed by atoms with Gasteiger partial charge in [-0.15, -0.1) is 0 Å². The Kier molecular flexibility index (Phi) is 2.94. The van der Waals surface area contributed by atoms with Gasteiger partial charge in [0.05, 0.1) is 11.4 Å². The van der Waals surface area contributed by atoms with Gasteiger partial charge in [-0.1, -0.05) is 54.6 Å². The predicted octanol–water partition coefficient (Wildman–Crippen LogP) is 6.07. The van der Waals surface area contributed by atoms with Gasteiger partial charge in [0.2, 0.25) is 0 Å². The summed E-state index contributed by atoms with van der Waals surface area (Å²) in [7, 11) is 0. The van der Waals surface area contributed by atoms with E-state index >= 15 is 0 Å². The number of hydrogen-bond acceptors (Lipinski definition) is 3. The number of benzene rings is 4. The topological polar surface area (TPSA) is 51.2 Å². The van der Waals surface area contributed by atoms with Crippen molar-refractivity contribution in [1.29, 1.82) is 0 Å². The summed E-state index contributed by atoms with van der Waals surface area (Å²) in [6.45, 7) is 0. The molecule has 0 aliphatic heterocycles. The lowest BCUT2D eigenvalue weighted by molar-refractivity contribution is 0.672. The van der Waals surface area contributed by atoms with E-state index in [4.69, 9.17) is 10.2 Å². The Morgan fingerprint density at radius 3 is 2.36 bits per heavy atom. The van der Waals surface area contributed by atoms with Crippen LogP contribution in [0.2, 0.25) is 0 Å². The molecular weight excluding hydrogens is 308 g/mol. The maximum absolute atomic E-state index is 6.21. The van der Waals surface area contributed by atoms with Crippen LogP contribution in [0, 0.1) is 0 Å². The molecule has 0 fully saturated rings. The van der Waals surface area contributed by atoms with Crippen molar-refractivity contribution < 1.29 is 4.42 Å². The highest BCUT2D eigenvalue weighted by molar-refractivity contribution is 6.23. The molecule has 3 N–H and O–H groups in total. The van der Waals surface area contributed by atoms with Crippen molar-refractivity contribution in [3.05, 3.63) is 78.9 Å². The number of nitrogens with one attached hydrogen (secondary N) is 1. The highest BCUT2D eigenvalue weighted by Crippen LogP contribution is 2.41. The van der Waals surface area contributed by atoms with Crippen molar-refractivity contribution in [2.75, 3.05) is 11.1 Å².